The molecule has 0 fully saturated rings. The molecule has 5 nitrogen and oxygen atoms in total. The van der Waals surface area contributed by atoms with Crippen LogP contribution in [0.3, 0.4) is 0 Å². The van der Waals surface area contributed by atoms with Crippen LogP contribution in [0.4, 0.5) is 0 Å². The van der Waals surface area contributed by atoms with E-state index in [1.807, 2.05) is 0 Å². The standard InChI is InChI=1S/C11H12O5S/c1-8(12)6-17(15,16)7-9-4-2-3-5-10(9)11(13)14/h2-5H,6-7H2,1H3,(H,13,14). The number of Topliss-reactive ketones (excluding diaryl/α,β-unsaturated/α-hetero) is 1. The fraction of sp³-hybridized carbons (Fsp3) is 0.273. The fourth-order valence-electron chi connectivity index (χ4n) is 1.45. The minimum atomic E-state index is -3.60. The third-order valence-electron chi connectivity index (χ3n) is 2.05. The maximum absolute atomic E-state index is 11.6. The molecule has 0 aliphatic carbocycles. The van der Waals surface area contributed by atoms with Crippen LogP contribution in [-0.4, -0.2) is 31.0 Å². The van der Waals surface area contributed by atoms with Crippen LogP contribution in [0.5, 0.6) is 0 Å². The highest BCUT2D eigenvalue weighted by atomic mass is 32.2. The van der Waals surface area contributed by atoms with Crippen LogP contribution in [0.2, 0.25) is 0 Å². The molecule has 0 unspecified atom stereocenters. The summed E-state index contributed by atoms with van der Waals surface area (Å²) in [7, 11) is -3.60. The molecule has 0 amide bonds. The molecule has 0 saturated heterocycles. The number of carboxylic acid groups (broad SMARTS) is 1. The van der Waals surface area contributed by atoms with Gasteiger partial charge in [0.2, 0.25) is 0 Å². The lowest BCUT2D eigenvalue weighted by Gasteiger charge is -2.05. The third-order valence-corrected chi connectivity index (χ3v) is 3.64. The van der Waals surface area contributed by atoms with E-state index in [-0.39, 0.29) is 11.1 Å². The van der Waals surface area contributed by atoms with E-state index in [2.05, 4.69) is 0 Å². The van der Waals surface area contributed by atoms with Crippen molar-refractivity contribution in [3.8, 4) is 0 Å². The summed E-state index contributed by atoms with van der Waals surface area (Å²) in [4.78, 5) is 21.6. The molecule has 0 aliphatic heterocycles. The lowest BCUT2D eigenvalue weighted by atomic mass is 10.1. The van der Waals surface area contributed by atoms with Crippen LogP contribution in [0.25, 0.3) is 0 Å². The van der Waals surface area contributed by atoms with Gasteiger partial charge in [0.1, 0.15) is 11.5 Å². The molecule has 0 radical (unpaired) electrons. The molecule has 1 aromatic rings. The Labute approximate surface area is 99.0 Å². The third kappa shape index (κ3) is 3.99. The Morgan fingerprint density at radius 2 is 1.82 bits per heavy atom. The van der Waals surface area contributed by atoms with Crippen LogP contribution in [0.1, 0.15) is 22.8 Å². The second kappa shape index (κ2) is 5.09. The van der Waals surface area contributed by atoms with E-state index in [4.69, 9.17) is 5.11 Å². The SMILES string of the molecule is CC(=O)CS(=O)(=O)Cc1ccccc1C(=O)O. The van der Waals surface area contributed by atoms with Gasteiger partial charge in [0, 0.05) is 0 Å². The Morgan fingerprint density at radius 3 is 2.35 bits per heavy atom. The number of carboxylic acids is 1. The van der Waals surface area contributed by atoms with Crippen molar-refractivity contribution in [3.63, 3.8) is 0 Å². The van der Waals surface area contributed by atoms with Crippen molar-refractivity contribution < 1.29 is 23.1 Å². The topological polar surface area (TPSA) is 88.5 Å². The molecule has 0 saturated carbocycles. The second-order valence-corrected chi connectivity index (χ2v) is 5.76. The summed E-state index contributed by atoms with van der Waals surface area (Å²) in [6.45, 7) is 1.18. The zero-order valence-electron chi connectivity index (χ0n) is 9.21. The summed E-state index contributed by atoms with van der Waals surface area (Å²) in [6, 6.07) is 5.84. The van der Waals surface area contributed by atoms with Crippen molar-refractivity contribution in [3.05, 3.63) is 35.4 Å². The number of sulfone groups is 1. The molecule has 1 aromatic carbocycles. The molecule has 17 heavy (non-hydrogen) atoms. The number of rotatable bonds is 5. The second-order valence-electron chi connectivity index (χ2n) is 3.70. The van der Waals surface area contributed by atoms with E-state index in [0.717, 1.165) is 0 Å². The molecule has 0 aliphatic rings. The molecule has 1 N–H and O–H groups in total. The van der Waals surface area contributed by atoms with E-state index in [0.29, 0.717) is 0 Å². The minimum Gasteiger partial charge on any atom is -0.478 e. The number of hydrogen-bond acceptors (Lipinski definition) is 4. The van der Waals surface area contributed by atoms with Gasteiger partial charge in [-0.1, -0.05) is 18.2 Å². The number of aromatic carboxylic acids is 1. The van der Waals surface area contributed by atoms with Gasteiger partial charge in [-0.3, -0.25) is 4.79 Å². The number of ketones is 1. The Kier molecular flexibility index (Phi) is 4.01. The molecule has 0 atom stereocenters. The molecular formula is C11H12O5S. The summed E-state index contributed by atoms with van der Waals surface area (Å²) in [5.74, 6) is -2.65. The van der Waals surface area contributed by atoms with Crippen LogP contribution in [0.15, 0.2) is 24.3 Å². The fourth-order valence-corrected chi connectivity index (χ4v) is 2.90. The van der Waals surface area contributed by atoms with Gasteiger partial charge in [-0.05, 0) is 18.6 Å². The number of hydrogen-bond donors (Lipinski definition) is 1. The lowest BCUT2D eigenvalue weighted by molar-refractivity contribution is -0.114. The molecule has 0 aromatic heterocycles. The summed E-state index contributed by atoms with van der Waals surface area (Å²) in [5.41, 5.74) is 0.140. The predicted molar refractivity (Wildman–Crippen MR) is 61.6 cm³/mol. The highest BCUT2D eigenvalue weighted by Gasteiger charge is 2.18. The first kappa shape index (κ1) is 13.4. The van der Waals surface area contributed by atoms with Crippen molar-refractivity contribution in [1.29, 1.82) is 0 Å². The maximum atomic E-state index is 11.6. The Morgan fingerprint density at radius 1 is 1.24 bits per heavy atom. The molecule has 92 valence electrons. The van der Waals surface area contributed by atoms with Crippen LogP contribution < -0.4 is 0 Å². The predicted octanol–water partition coefficient (Wildman–Crippen LogP) is 0.889. The largest absolute Gasteiger partial charge is 0.478 e. The van der Waals surface area contributed by atoms with Crippen LogP contribution >= 0.6 is 0 Å². The number of carbonyl (C=O) groups excluding carboxylic acids is 1. The highest BCUT2D eigenvalue weighted by molar-refractivity contribution is 7.91. The Bertz CT molecular complexity index is 545. The minimum absolute atomic E-state index is 0.0559. The van der Waals surface area contributed by atoms with Crippen molar-refractivity contribution in [2.45, 2.75) is 12.7 Å². The van der Waals surface area contributed by atoms with Crippen LogP contribution in [0, 0.1) is 0 Å². The highest BCUT2D eigenvalue weighted by Crippen LogP contribution is 2.13. The van der Waals surface area contributed by atoms with Gasteiger partial charge in [0.15, 0.2) is 9.84 Å². The van der Waals surface area contributed by atoms with E-state index in [1.165, 1.54) is 25.1 Å². The number of benzene rings is 1. The van der Waals surface area contributed by atoms with E-state index >= 15 is 0 Å². The van der Waals surface area contributed by atoms with Crippen LogP contribution in [-0.2, 0) is 20.4 Å². The molecule has 0 heterocycles. The van der Waals surface area contributed by atoms with Crippen molar-refractivity contribution in [2.75, 3.05) is 5.75 Å². The molecular weight excluding hydrogens is 244 g/mol. The van der Waals surface area contributed by atoms with Gasteiger partial charge in [-0.25, -0.2) is 13.2 Å². The summed E-state index contributed by atoms with van der Waals surface area (Å²) in [6.07, 6.45) is 0. The first-order valence-corrected chi connectivity index (χ1v) is 6.65. The molecule has 0 bridgehead atoms. The van der Waals surface area contributed by atoms with Crippen molar-refractivity contribution in [2.24, 2.45) is 0 Å². The summed E-state index contributed by atoms with van der Waals surface area (Å²) >= 11 is 0. The molecule has 0 spiro atoms. The van der Waals surface area contributed by atoms with E-state index in [1.54, 1.807) is 6.07 Å². The van der Waals surface area contributed by atoms with Gasteiger partial charge in [-0.2, -0.15) is 0 Å². The van der Waals surface area contributed by atoms with Crippen molar-refractivity contribution in [1.82, 2.24) is 0 Å². The lowest BCUT2D eigenvalue weighted by Crippen LogP contribution is -2.16. The average Bonchev–Trinajstić information content (AvgIpc) is 2.14. The van der Waals surface area contributed by atoms with Gasteiger partial charge in [-0.15, -0.1) is 0 Å². The normalized spacial score (nSPS) is 11.1. The van der Waals surface area contributed by atoms with Gasteiger partial charge in [0.25, 0.3) is 0 Å². The maximum Gasteiger partial charge on any atom is 0.335 e. The zero-order valence-corrected chi connectivity index (χ0v) is 10.0. The van der Waals surface area contributed by atoms with E-state index in [9.17, 15) is 18.0 Å². The molecule has 6 heteroatoms. The summed E-state index contributed by atoms with van der Waals surface area (Å²) in [5, 5.41) is 8.88. The smallest absolute Gasteiger partial charge is 0.335 e. The molecule has 1 rings (SSSR count). The van der Waals surface area contributed by atoms with Gasteiger partial charge >= 0.3 is 5.97 Å². The number of carbonyl (C=O) groups is 2. The quantitative estimate of drug-likeness (QED) is 0.845. The Hall–Kier alpha value is -1.69. The van der Waals surface area contributed by atoms with Gasteiger partial charge < -0.3 is 5.11 Å². The van der Waals surface area contributed by atoms with Gasteiger partial charge in [0.05, 0.1) is 11.3 Å². The first-order valence-electron chi connectivity index (χ1n) is 4.83. The Balaban J connectivity index is 3.04. The summed E-state index contributed by atoms with van der Waals surface area (Å²) < 4.78 is 23.1. The first-order chi connectivity index (χ1) is 7.82. The zero-order chi connectivity index (χ0) is 13.1. The average molecular weight is 256 g/mol. The van der Waals surface area contributed by atoms with Crippen molar-refractivity contribution >= 4 is 21.6 Å². The monoisotopic (exact) mass is 256 g/mol. The van der Waals surface area contributed by atoms with E-state index < -0.39 is 33.1 Å².